The maximum Gasteiger partial charge on any atom is 0.0991 e. The lowest BCUT2D eigenvalue weighted by atomic mass is 9.85. The van der Waals surface area contributed by atoms with Crippen molar-refractivity contribution in [3.05, 3.63) is 35.9 Å². The molecule has 22 heavy (non-hydrogen) atoms. The summed E-state index contributed by atoms with van der Waals surface area (Å²) < 4.78 is 5.69. The Kier molecular flexibility index (Phi) is 5.10. The molecule has 0 aliphatic carbocycles. The summed E-state index contributed by atoms with van der Waals surface area (Å²) in [5.41, 5.74) is 1.15. The Morgan fingerprint density at radius 1 is 1.09 bits per heavy atom. The minimum absolute atomic E-state index is 0.122. The fraction of sp³-hybridized carbons (Fsp3) is 0.647. The Morgan fingerprint density at radius 3 is 2.64 bits per heavy atom. The number of hydrogen-bond acceptors (Lipinski definition) is 5. The average molecular weight is 307 g/mol. The van der Waals surface area contributed by atoms with Gasteiger partial charge in [-0.3, -0.25) is 4.90 Å². The van der Waals surface area contributed by atoms with Gasteiger partial charge in [-0.1, -0.05) is 30.3 Å². The fourth-order valence-corrected chi connectivity index (χ4v) is 3.67. The summed E-state index contributed by atoms with van der Waals surface area (Å²) in [6.07, 6.45) is -0.524. The van der Waals surface area contributed by atoms with Crippen LogP contribution < -0.4 is 0 Å². The molecule has 3 rings (SSSR count). The fourth-order valence-electron chi connectivity index (χ4n) is 3.67. The largest absolute Gasteiger partial charge is 0.391 e. The second-order valence-electron chi connectivity index (χ2n) is 6.41. The summed E-state index contributed by atoms with van der Waals surface area (Å²) >= 11 is 0. The highest BCUT2D eigenvalue weighted by Gasteiger charge is 2.48. The number of aliphatic hydroxyl groups excluding tert-OH is 3. The minimum atomic E-state index is -0.844. The molecule has 0 radical (unpaired) electrons. The molecule has 2 heterocycles. The van der Waals surface area contributed by atoms with E-state index in [-0.39, 0.29) is 12.0 Å². The first-order valence-corrected chi connectivity index (χ1v) is 8.06. The van der Waals surface area contributed by atoms with Gasteiger partial charge in [0.05, 0.1) is 31.0 Å². The molecule has 0 saturated carbocycles. The number of piperidine rings is 1. The SMILES string of the molecule is O[C@H]1[C@H]2[C@H](O)C(CCOCc3ccccc3)CCN2C[C@H]1O. The Morgan fingerprint density at radius 2 is 1.86 bits per heavy atom. The lowest BCUT2D eigenvalue weighted by molar-refractivity contribution is -0.0635. The van der Waals surface area contributed by atoms with Crippen molar-refractivity contribution < 1.29 is 20.1 Å². The Balaban J connectivity index is 1.45. The van der Waals surface area contributed by atoms with Crippen LogP contribution in [0.4, 0.5) is 0 Å². The first-order chi connectivity index (χ1) is 10.7. The van der Waals surface area contributed by atoms with Gasteiger partial charge in [-0.05, 0) is 30.9 Å². The zero-order chi connectivity index (χ0) is 15.5. The molecule has 1 aromatic carbocycles. The van der Waals surface area contributed by atoms with E-state index in [1.807, 2.05) is 35.2 Å². The molecule has 5 atom stereocenters. The van der Waals surface area contributed by atoms with Crippen LogP contribution in [-0.4, -0.2) is 64.3 Å². The van der Waals surface area contributed by atoms with E-state index in [0.717, 1.165) is 24.9 Å². The van der Waals surface area contributed by atoms with Crippen molar-refractivity contribution in [3.63, 3.8) is 0 Å². The molecule has 0 bridgehead atoms. The predicted octanol–water partition coefficient (Wildman–Crippen LogP) is 0.380. The number of benzene rings is 1. The summed E-state index contributed by atoms with van der Waals surface area (Å²) in [5.74, 6) is 0.122. The van der Waals surface area contributed by atoms with Crippen molar-refractivity contribution in [2.75, 3.05) is 19.7 Å². The topological polar surface area (TPSA) is 73.2 Å². The van der Waals surface area contributed by atoms with Gasteiger partial charge in [0.1, 0.15) is 0 Å². The Hall–Kier alpha value is -0.980. The van der Waals surface area contributed by atoms with Crippen LogP contribution in [-0.2, 0) is 11.3 Å². The van der Waals surface area contributed by atoms with E-state index in [0.29, 0.717) is 19.8 Å². The third-order valence-electron chi connectivity index (χ3n) is 4.95. The maximum absolute atomic E-state index is 10.5. The van der Waals surface area contributed by atoms with Crippen molar-refractivity contribution in [2.24, 2.45) is 5.92 Å². The van der Waals surface area contributed by atoms with Gasteiger partial charge in [-0.25, -0.2) is 0 Å². The van der Waals surface area contributed by atoms with Crippen LogP contribution in [0.25, 0.3) is 0 Å². The summed E-state index contributed by atoms with van der Waals surface area (Å²) in [6.45, 7) is 2.46. The monoisotopic (exact) mass is 307 g/mol. The zero-order valence-corrected chi connectivity index (χ0v) is 12.7. The van der Waals surface area contributed by atoms with Gasteiger partial charge in [-0.15, -0.1) is 0 Å². The lowest BCUT2D eigenvalue weighted by Crippen LogP contribution is -2.53. The van der Waals surface area contributed by atoms with E-state index < -0.39 is 18.3 Å². The highest BCUT2D eigenvalue weighted by atomic mass is 16.5. The van der Waals surface area contributed by atoms with Gasteiger partial charge in [-0.2, -0.15) is 0 Å². The van der Waals surface area contributed by atoms with Crippen molar-refractivity contribution >= 4 is 0 Å². The normalized spacial score (nSPS) is 35.5. The lowest BCUT2D eigenvalue weighted by Gasteiger charge is -2.40. The molecule has 5 heteroatoms. The van der Waals surface area contributed by atoms with Crippen molar-refractivity contribution in [2.45, 2.75) is 43.8 Å². The molecule has 122 valence electrons. The highest BCUT2D eigenvalue weighted by Crippen LogP contribution is 2.33. The van der Waals surface area contributed by atoms with E-state index in [9.17, 15) is 15.3 Å². The second-order valence-corrected chi connectivity index (χ2v) is 6.41. The van der Waals surface area contributed by atoms with E-state index in [1.54, 1.807) is 0 Å². The van der Waals surface area contributed by atoms with E-state index >= 15 is 0 Å². The van der Waals surface area contributed by atoms with Crippen LogP contribution in [0.15, 0.2) is 30.3 Å². The molecule has 2 fully saturated rings. The van der Waals surface area contributed by atoms with Gasteiger partial charge in [0.2, 0.25) is 0 Å². The number of aliphatic hydroxyl groups is 3. The van der Waals surface area contributed by atoms with Crippen LogP contribution in [0, 0.1) is 5.92 Å². The van der Waals surface area contributed by atoms with E-state index in [1.165, 1.54) is 0 Å². The summed E-state index contributed by atoms with van der Waals surface area (Å²) in [6, 6.07) is 9.70. The van der Waals surface area contributed by atoms with Crippen molar-refractivity contribution in [3.8, 4) is 0 Å². The summed E-state index contributed by atoms with van der Waals surface area (Å²) in [7, 11) is 0. The molecule has 2 saturated heterocycles. The number of nitrogens with zero attached hydrogens (tertiary/aromatic N) is 1. The predicted molar refractivity (Wildman–Crippen MR) is 82.2 cm³/mol. The van der Waals surface area contributed by atoms with Crippen molar-refractivity contribution in [1.29, 1.82) is 0 Å². The average Bonchev–Trinajstić information content (AvgIpc) is 2.82. The van der Waals surface area contributed by atoms with E-state index in [4.69, 9.17) is 4.74 Å². The minimum Gasteiger partial charge on any atom is -0.391 e. The quantitative estimate of drug-likeness (QED) is 0.686. The van der Waals surface area contributed by atoms with Gasteiger partial charge >= 0.3 is 0 Å². The molecule has 2 aliphatic heterocycles. The Bertz CT molecular complexity index is 469. The number of fused-ring (bicyclic) bond motifs is 1. The molecule has 0 spiro atoms. The first kappa shape index (κ1) is 15.9. The Labute approximate surface area is 131 Å². The highest BCUT2D eigenvalue weighted by molar-refractivity contribution is 5.13. The molecule has 1 aromatic rings. The smallest absolute Gasteiger partial charge is 0.0991 e. The number of rotatable bonds is 5. The van der Waals surface area contributed by atoms with Crippen molar-refractivity contribution in [1.82, 2.24) is 4.90 Å². The van der Waals surface area contributed by atoms with Gasteiger partial charge < -0.3 is 20.1 Å². The molecule has 1 unspecified atom stereocenters. The maximum atomic E-state index is 10.5. The van der Waals surface area contributed by atoms with Gasteiger partial charge in [0, 0.05) is 13.2 Å². The molecule has 0 aromatic heterocycles. The molecular weight excluding hydrogens is 282 g/mol. The van der Waals surface area contributed by atoms with Gasteiger partial charge in [0.25, 0.3) is 0 Å². The summed E-state index contributed by atoms with van der Waals surface area (Å²) in [5, 5.41) is 30.2. The van der Waals surface area contributed by atoms with Gasteiger partial charge in [0.15, 0.2) is 0 Å². The first-order valence-electron chi connectivity index (χ1n) is 8.06. The molecule has 0 amide bonds. The van der Waals surface area contributed by atoms with Crippen LogP contribution >= 0.6 is 0 Å². The molecular formula is C17H25NO4. The standard InChI is InChI=1S/C17H25NO4/c19-14-10-18-8-6-13(16(20)15(18)17(14)21)7-9-22-11-12-4-2-1-3-5-12/h1-5,13-17,19-21H,6-11H2/t13?,14-,15-,16-,17-/m1/s1. The van der Waals surface area contributed by atoms with Crippen LogP contribution in [0.3, 0.4) is 0 Å². The van der Waals surface area contributed by atoms with E-state index in [2.05, 4.69) is 0 Å². The summed E-state index contributed by atoms with van der Waals surface area (Å²) in [4.78, 5) is 2.00. The van der Waals surface area contributed by atoms with Crippen LogP contribution in [0.2, 0.25) is 0 Å². The second kappa shape index (κ2) is 7.06. The molecule has 5 nitrogen and oxygen atoms in total. The molecule has 2 aliphatic rings. The third-order valence-corrected chi connectivity index (χ3v) is 4.95. The van der Waals surface area contributed by atoms with Crippen LogP contribution in [0.1, 0.15) is 18.4 Å². The zero-order valence-electron chi connectivity index (χ0n) is 12.7. The van der Waals surface area contributed by atoms with Crippen LogP contribution in [0.5, 0.6) is 0 Å². The molecule has 3 N–H and O–H groups in total. The number of ether oxygens (including phenoxy) is 1. The third kappa shape index (κ3) is 3.34. The number of hydrogen-bond donors (Lipinski definition) is 3.